The van der Waals surface area contributed by atoms with Gasteiger partial charge in [0.25, 0.3) is 5.91 Å². The number of carboxylic acids is 1. The van der Waals surface area contributed by atoms with Crippen LogP contribution in [0.4, 0.5) is 0 Å². The Morgan fingerprint density at radius 1 is 1.15 bits per heavy atom. The van der Waals surface area contributed by atoms with Crippen LogP contribution in [0.25, 0.3) is 0 Å². The normalized spacial score (nSPS) is 15.2. The molecule has 6 nitrogen and oxygen atoms in total. The lowest BCUT2D eigenvalue weighted by molar-refractivity contribution is -0.139. The summed E-state index contributed by atoms with van der Waals surface area (Å²) in [5.41, 5.74) is 2.87. The summed E-state index contributed by atoms with van der Waals surface area (Å²) in [5.74, 6) is -0.614. The molecule has 26 heavy (non-hydrogen) atoms. The lowest BCUT2D eigenvalue weighted by Crippen LogP contribution is -2.27. The van der Waals surface area contributed by atoms with Crippen LogP contribution in [0.5, 0.6) is 11.5 Å². The summed E-state index contributed by atoms with van der Waals surface area (Å²) in [6, 6.07) is 12.9. The van der Waals surface area contributed by atoms with Gasteiger partial charge in [0, 0.05) is 5.56 Å². The third-order valence-electron chi connectivity index (χ3n) is 4.30. The van der Waals surface area contributed by atoms with E-state index in [1.165, 1.54) is 5.56 Å². The van der Waals surface area contributed by atoms with E-state index in [1.54, 1.807) is 18.2 Å². The van der Waals surface area contributed by atoms with Crippen molar-refractivity contribution in [1.82, 2.24) is 5.32 Å². The van der Waals surface area contributed by atoms with E-state index in [0.29, 0.717) is 23.7 Å². The highest BCUT2D eigenvalue weighted by atomic mass is 16.5. The van der Waals surface area contributed by atoms with Crippen molar-refractivity contribution in [2.24, 2.45) is 0 Å². The largest absolute Gasteiger partial charge is 0.490 e. The maximum absolute atomic E-state index is 12.6. The zero-order valence-corrected chi connectivity index (χ0v) is 14.5. The van der Waals surface area contributed by atoms with Crippen molar-refractivity contribution in [2.75, 3.05) is 13.2 Å². The number of amides is 1. The van der Waals surface area contributed by atoms with E-state index in [2.05, 4.69) is 11.4 Å². The SMILES string of the molecule is CCOc1cc(C(=O)NC2CCc3ccccc32)ccc1OCC(=O)O. The van der Waals surface area contributed by atoms with Gasteiger partial charge in [-0.15, -0.1) is 0 Å². The molecule has 2 aromatic rings. The molecular formula is C20H21NO5. The molecule has 2 aromatic carbocycles. The zero-order chi connectivity index (χ0) is 18.5. The van der Waals surface area contributed by atoms with Gasteiger partial charge in [-0.05, 0) is 49.1 Å². The molecule has 3 rings (SSSR count). The van der Waals surface area contributed by atoms with Gasteiger partial charge in [-0.3, -0.25) is 4.79 Å². The first-order chi connectivity index (χ1) is 12.6. The molecule has 2 N–H and O–H groups in total. The first-order valence-electron chi connectivity index (χ1n) is 8.58. The second kappa shape index (κ2) is 7.91. The quantitative estimate of drug-likeness (QED) is 0.798. The standard InChI is InChI=1S/C20H21NO5/c1-2-25-18-11-14(8-10-17(18)26-12-19(22)23)20(24)21-16-9-7-13-5-3-4-6-15(13)16/h3-6,8,10-11,16H,2,7,9,12H2,1H3,(H,21,24)(H,22,23). The van der Waals surface area contributed by atoms with Crippen molar-refractivity contribution in [3.05, 3.63) is 59.2 Å². The second-order valence-electron chi connectivity index (χ2n) is 6.04. The average Bonchev–Trinajstić information content (AvgIpc) is 3.04. The molecule has 0 heterocycles. The predicted octanol–water partition coefficient (Wildman–Crippen LogP) is 2.97. The van der Waals surface area contributed by atoms with E-state index in [0.717, 1.165) is 18.4 Å². The second-order valence-corrected chi connectivity index (χ2v) is 6.04. The highest BCUT2D eigenvalue weighted by Gasteiger charge is 2.24. The van der Waals surface area contributed by atoms with Gasteiger partial charge in [0.05, 0.1) is 12.6 Å². The fourth-order valence-corrected chi connectivity index (χ4v) is 3.12. The first kappa shape index (κ1) is 17.8. The Bertz CT molecular complexity index is 818. The fraction of sp³-hybridized carbons (Fsp3) is 0.300. The number of hydrogen-bond acceptors (Lipinski definition) is 4. The minimum Gasteiger partial charge on any atom is -0.490 e. The van der Waals surface area contributed by atoms with Crippen LogP contribution in [0.2, 0.25) is 0 Å². The van der Waals surface area contributed by atoms with Crippen LogP contribution in [-0.2, 0) is 11.2 Å². The van der Waals surface area contributed by atoms with Gasteiger partial charge < -0.3 is 19.9 Å². The number of benzene rings is 2. The summed E-state index contributed by atoms with van der Waals surface area (Å²) in [6.45, 7) is 1.72. The molecule has 0 saturated carbocycles. The van der Waals surface area contributed by atoms with Crippen LogP contribution in [0.1, 0.15) is 40.9 Å². The summed E-state index contributed by atoms with van der Waals surface area (Å²) in [6.07, 6.45) is 1.83. The molecule has 0 radical (unpaired) electrons. The van der Waals surface area contributed by atoms with E-state index < -0.39 is 12.6 Å². The molecule has 1 atom stereocenters. The molecule has 0 bridgehead atoms. The molecule has 0 spiro atoms. The Labute approximate surface area is 151 Å². The lowest BCUT2D eigenvalue weighted by Gasteiger charge is -2.16. The number of aryl methyl sites for hydroxylation is 1. The predicted molar refractivity (Wildman–Crippen MR) is 95.7 cm³/mol. The maximum atomic E-state index is 12.6. The highest BCUT2D eigenvalue weighted by molar-refractivity contribution is 5.95. The molecule has 1 amide bonds. The zero-order valence-electron chi connectivity index (χ0n) is 14.5. The van der Waals surface area contributed by atoms with Crippen molar-refractivity contribution in [1.29, 1.82) is 0 Å². The smallest absolute Gasteiger partial charge is 0.341 e. The van der Waals surface area contributed by atoms with Gasteiger partial charge in [0.2, 0.25) is 0 Å². The van der Waals surface area contributed by atoms with Gasteiger partial charge in [-0.25, -0.2) is 4.79 Å². The molecule has 1 unspecified atom stereocenters. The van der Waals surface area contributed by atoms with Gasteiger partial charge in [0.1, 0.15) is 0 Å². The molecular weight excluding hydrogens is 334 g/mol. The van der Waals surface area contributed by atoms with E-state index in [-0.39, 0.29) is 11.9 Å². The van der Waals surface area contributed by atoms with Gasteiger partial charge in [-0.1, -0.05) is 24.3 Å². The van der Waals surface area contributed by atoms with Crippen LogP contribution in [-0.4, -0.2) is 30.2 Å². The number of rotatable bonds is 7. The maximum Gasteiger partial charge on any atom is 0.341 e. The molecule has 136 valence electrons. The molecule has 0 aromatic heterocycles. The van der Waals surface area contributed by atoms with E-state index in [9.17, 15) is 9.59 Å². The van der Waals surface area contributed by atoms with Crippen LogP contribution in [0, 0.1) is 0 Å². The van der Waals surface area contributed by atoms with E-state index in [4.69, 9.17) is 14.6 Å². The number of carboxylic acid groups (broad SMARTS) is 1. The number of aliphatic carboxylic acids is 1. The van der Waals surface area contributed by atoms with Crippen LogP contribution in [0.3, 0.4) is 0 Å². The summed E-state index contributed by atoms with van der Waals surface area (Å²) in [7, 11) is 0. The Kier molecular flexibility index (Phi) is 5.41. The molecule has 0 fully saturated rings. The average molecular weight is 355 g/mol. The summed E-state index contributed by atoms with van der Waals surface area (Å²) in [5, 5.41) is 11.8. The fourth-order valence-electron chi connectivity index (χ4n) is 3.12. The number of hydrogen-bond donors (Lipinski definition) is 2. The van der Waals surface area contributed by atoms with Crippen LogP contribution >= 0.6 is 0 Å². The van der Waals surface area contributed by atoms with Crippen molar-refractivity contribution in [2.45, 2.75) is 25.8 Å². The molecule has 1 aliphatic rings. The summed E-state index contributed by atoms with van der Waals surface area (Å²) < 4.78 is 10.7. The van der Waals surface area contributed by atoms with Crippen molar-refractivity contribution in [3.63, 3.8) is 0 Å². The minimum absolute atomic E-state index is 0.00261. The Hall–Kier alpha value is -3.02. The monoisotopic (exact) mass is 355 g/mol. The Balaban J connectivity index is 1.75. The number of nitrogens with one attached hydrogen (secondary N) is 1. The van der Waals surface area contributed by atoms with E-state index >= 15 is 0 Å². The summed E-state index contributed by atoms with van der Waals surface area (Å²) in [4.78, 5) is 23.3. The Morgan fingerprint density at radius 3 is 2.73 bits per heavy atom. The first-order valence-corrected chi connectivity index (χ1v) is 8.58. The third kappa shape index (κ3) is 3.96. The molecule has 6 heteroatoms. The molecule has 0 aliphatic heterocycles. The number of carbonyl (C=O) groups excluding carboxylic acids is 1. The number of carbonyl (C=O) groups is 2. The van der Waals surface area contributed by atoms with Crippen molar-refractivity contribution < 1.29 is 24.2 Å². The highest BCUT2D eigenvalue weighted by Crippen LogP contribution is 2.32. The van der Waals surface area contributed by atoms with Crippen LogP contribution in [0.15, 0.2) is 42.5 Å². The topological polar surface area (TPSA) is 84.9 Å². The van der Waals surface area contributed by atoms with Gasteiger partial charge in [0.15, 0.2) is 18.1 Å². The van der Waals surface area contributed by atoms with E-state index in [1.807, 2.05) is 25.1 Å². The molecule has 0 saturated heterocycles. The Morgan fingerprint density at radius 2 is 1.96 bits per heavy atom. The van der Waals surface area contributed by atoms with Gasteiger partial charge >= 0.3 is 5.97 Å². The van der Waals surface area contributed by atoms with Crippen LogP contribution < -0.4 is 14.8 Å². The van der Waals surface area contributed by atoms with Crippen molar-refractivity contribution in [3.8, 4) is 11.5 Å². The minimum atomic E-state index is -1.07. The third-order valence-corrected chi connectivity index (χ3v) is 4.30. The number of fused-ring (bicyclic) bond motifs is 1. The number of ether oxygens (including phenoxy) is 2. The molecule has 1 aliphatic carbocycles. The van der Waals surface area contributed by atoms with Gasteiger partial charge in [-0.2, -0.15) is 0 Å². The summed E-state index contributed by atoms with van der Waals surface area (Å²) >= 11 is 0. The lowest BCUT2D eigenvalue weighted by atomic mass is 10.1. The van der Waals surface area contributed by atoms with Crippen molar-refractivity contribution >= 4 is 11.9 Å².